The summed E-state index contributed by atoms with van der Waals surface area (Å²) in [4.78, 5) is 25.9. The van der Waals surface area contributed by atoms with Crippen LogP contribution < -0.4 is 10.5 Å². The number of fused-ring (bicyclic) bond motifs is 1. The Labute approximate surface area is 194 Å². The van der Waals surface area contributed by atoms with Gasteiger partial charge in [0.05, 0.1) is 5.69 Å². The number of hydrogen-bond donors (Lipinski definition) is 1. The van der Waals surface area contributed by atoms with Crippen LogP contribution in [0.5, 0.6) is 0 Å². The average molecular weight is 449 g/mol. The Bertz CT molecular complexity index is 1150. The Balaban J connectivity index is 1.20. The molecule has 6 rings (SSSR count). The van der Waals surface area contributed by atoms with Crippen molar-refractivity contribution in [3.05, 3.63) is 63.6 Å². The molecule has 3 aliphatic carbocycles. The van der Waals surface area contributed by atoms with Crippen molar-refractivity contribution in [2.45, 2.75) is 58.4 Å². The lowest BCUT2D eigenvalue weighted by Crippen LogP contribution is -2.52. The van der Waals surface area contributed by atoms with Gasteiger partial charge in [-0.1, -0.05) is 19.9 Å². The quantitative estimate of drug-likeness (QED) is 0.765. The first kappa shape index (κ1) is 21.1. The summed E-state index contributed by atoms with van der Waals surface area (Å²) in [5.41, 5.74) is 4.81. The molecule has 33 heavy (non-hydrogen) atoms. The molecule has 2 aromatic rings. The highest BCUT2D eigenvalue weighted by Crippen LogP contribution is 2.54. The Kier molecular flexibility index (Phi) is 4.81. The van der Waals surface area contributed by atoms with Gasteiger partial charge in [0, 0.05) is 43.5 Å². The maximum atomic E-state index is 13.3. The van der Waals surface area contributed by atoms with Gasteiger partial charge in [-0.25, -0.2) is 9.37 Å². The van der Waals surface area contributed by atoms with Crippen LogP contribution in [0.2, 0.25) is 0 Å². The third kappa shape index (κ3) is 3.82. The van der Waals surface area contributed by atoms with E-state index >= 15 is 0 Å². The number of aryl methyl sites for hydroxylation is 1. The first-order valence-electron chi connectivity index (χ1n) is 12.4. The molecular formula is C27H33FN4O. The Morgan fingerprint density at radius 3 is 2.45 bits per heavy atom. The highest BCUT2D eigenvalue weighted by molar-refractivity contribution is 5.65. The number of hydrogen-bond acceptors (Lipinski definition) is 4. The third-order valence-electron chi connectivity index (χ3n) is 8.51. The summed E-state index contributed by atoms with van der Waals surface area (Å²) in [6, 6.07) is 7.12. The molecular weight excluding hydrogens is 415 g/mol. The largest absolute Gasteiger partial charge is 0.369 e. The van der Waals surface area contributed by atoms with E-state index in [1.807, 2.05) is 12.1 Å². The van der Waals surface area contributed by atoms with Crippen LogP contribution in [0.4, 0.5) is 10.1 Å². The molecule has 1 aromatic carbocycles. The van der Waals surface area contributed by atoms with Gasteiger partial charge in [-0.2, -0.15) is 0 Å². The fourth-order valence-corrected chi connectivity index (χ4v) is 6.28. The predicted molar refractivity (Wildman–Crippen MR) is 129 cm³/mol. The normalized spacial score (nSPS) is 25.7. The van der Waals surface area contributed by atoms with E-state index in [2.05, 4.69) is 34.7 Å². The van der Waals surface area contributed by atoms with Crippen LogP contribution in [-0.2, 0) is 12.8 Å². The van der Waals surface area contributed by atoms with Crippen LogP contribution in [0.1, 0.15) is 56.6 Å². The van der Waals surface area contributed by atoms with Crippen molar-refractivity contribution in [2.24, 2.45) is 10.8 Å². The van der Waals surface area contributed by atoms with Gasteiger partial charge in [-0.15, -0.1) is 0 Å². The maximum Gasteiger partial charge on any atom is 0.254 e. The number of rotatable bonds is 3. The van der Waals surface area contributed by atoms with Crippen LogP contribution in [0, 0.1) is 16.6 Å². The predicted octanol–water partition coefficient (Wildman–Crippen LogP) is 4.18. The second kappa shape index (κ2) is 7.52. The van der Waals surface area contributed by atoms with Crippen LogP contribution in [0.15, 0.2) is 35.1 Å². The Morgan fingerprint density at radius 1 is 1.03 bits per heavy atom. The third-order valence-corrected chi connectivity index (χ3v) is 8.51. The standard InChI is InChI=1S/C27H33FN4O/c1-26(2)16-18(24-29-22-7-8-27(9-10-27)17-21(22)25(33)30-24)15-23(26)32-13-11-31(12-14-32)20-5-3-19(28)4-6-20/h3-6,15,23H,7-14,16-17H2,1-2H3,(H,29,30,33)/t23-/m0/s1. The van der Waals surface area contributed by atoms with E-state index < -0.39 is 0 Å². The number of allylic oxidation sites excluding steroid dienone is 1. The summed E-state index contributed by atoms with van der Waals surface area (Å²) in [7, 11) is 0. The lowest BCUT2D eigenvalue weighted by atomic mass is 9.83. The summed E-state index contributed by atoms with van der Waals surface area (Å²) < 4.78 is 13.3. The average Bonchev–Trinajstić information content (AvgIpc) is 3.47. The van der Waals surface area contributed by atoms with Gasteiger partial charge in [0.25, 0.3) is 5.56 Å². The van der Waals surface area contributed by atoms with Crippen LogP contribution in [0.25, 0.3) is 5.57 Å². The zero-order valence-electron chi connectivity index (χ0n) is 19.7. The Hall–Kier alpha value is -2.47. The minimum absolute atomic E-state index is 0.0797. The maximum absolute atomic E-state index is 13.3. The number of anilines is 1. The van der Waals surface area contributed by atoms with E-state index in [1.54, 1.807) is 0 Å². The zero-order valence-corrected chi connectivity index (χ0v) is 19.7. The van der Waals surface area contributed by atoms with Crippen molar-refractivity contribution < 1.29 is 4.39 Å². The SMILES string of the molecule is CC1(C)CC(c2nc3c(c(=O)[nH]2)CC2(CC3)CC2)=C[C@@H]1N1CCN(c2ccc(F)cc2)CC1. The molecule has 2 heterocycles. The van der Waals surface area contributed by atoms with Gasteiger partial charge in [-0.05, 0) is 79.2 Å². The molecule has 1 atom stereocenters. The molecule has 1 N–H and O–H groups in total. The number of nitrogens with one attached hydrogen (secondary N) is 1. The first-order valence-corrected chi connectivity index (χ1v) is 12.4. The fraction of sp³-hybridized carbons (Fsp3) is 0.556. The van der Waals surface area contributed by atoms with E-state index in [9.17, 15) is 9.18 Å². The number of halogens is 1. The van der Waals surface area contributed by atoms with Crippen molar-refractivity contribution in [2.75, 3.05) is 31.1 Å². The number of nitrogens with zero attached hydrogens (tertiary/aromatic N) is 3. The molecule has 1 saturated carbocycles. The fourth-order valence-electron chi connectivity index (χ4n) is 6.28. The molecule has 174 valence electrons. The molecule has 4 aliphatic rings. The minimum atomic E-state index is -0.191. The molecule has 0 radical (unpaired) electrons. The monoisotopic (exact) mass is 448 g/mol. The lowest BCUT2D eigenvalue weighted by Gasteiger charge is -2.43. The number of piperazine rings is 1. The molecule has 2 fully saturated rings. The number of aromatic amines is 1. The van der Waals surface area contributed by atoms with Crippen molar-refractivity contribution >= 4 is 11.3 Å². The van der Waals surface area contributed by atoms with Crippen LogP contribution in [0.3, 0.4) is 0 Å². The summed E-state index contributed by atoms with van der Waals surface area (Å²) >= 11 is 0. The first-order chi connectivity index (χ1) is 15.8. The topological polar surface area (TPSA) is 52.2 Å². The van der Waals surface area contributed by atoms with Gasteiger partial charge in [0.15, 0.2) is 0 Å². The summed E-state index contributed by atoms with van der Waals surface area (Å²) in [6.45, 7) is 8.42. The lowest BCUT2D eigenvalue weighted by molar-refractivity contribution is 0.128. The molecule has 0 bridgehead atoms. The smallest absolute Gasteiger partial charge is 0.254 e. The van der Waals surface area contributed by atoms with E-state index in [-0.39, 0.29) is 16.8 Å². The molecule has 1 aromatic heterocycles. The van der Waals surface area contributed by atoms with Crippen molar-refractivity contribution in [1.82, 2.24) is 14.9 Å². The molecule has 0 amide bonds. The van der Waals surface area contributed by atoms with Crippen LogP contribution in [-0.4, -0.2) is 47.1 Å². The molecule has 0 unspecified atom stereocenters. The summed E-state index contributed by atoms with van der Waals surface area (Å²) in [6.07, 6.45) is 8.84. The number of benzene rings is 1. The van der Waals surface area contributed by atoms with E-state index in [4.69, 9.17) is 4.98 Å². The summed E-state index contributed by atoms with van der Waals surface area (Å²) in [5, 5.41) is 0. The highest BCUT2D eigenvalue weighted by Gasteiger charge is 2.46. The van der Waals surface area contributed by atoms with E-state index in [1.165, 1.54) is 37.0 Å². The second-order valence-corrected chi connectivity index (χ2v) is 11.3. The van der Waals surface area contributed by atoms with Crippen molar-refractivity contribution in [3.63, 3.8) is 0 Å². The zero-order chi connectivity index (χ0) is 22.8. The second-order valence-electron chi connectivity index (χ2n) is 11.3. The van der Waals surface area contributed by atoms with Gasteiger partial charge in [0.1, 0.15) is 11.6 Å². The van der Waals surface area contributed by atoms with Gasteiger partial charge in [0.2, 0.25) is 0 Å². The molecule has 1 spiro atoms. The molecule has 5 nitrogen and oxygen atoms in total. The van der Waals surface area contributed by atoms with Crippen molar-refractivity contribution in [3.8, 4) is 0 Å². The van der Waals surface area contributed by atoms with Gasteiger partial charge >= 0.3 is 0 Å². The number of H-pyrrole nitrogens is 1. The molecule has 1 saturated heterocycles. The molecule has 1 aliphatic heterocycles. The van der Waals surface area contributed by atoms with E-state index in [0.29, 0.717) is 11.5 Å². The Morgan fingerprint density at radius 2 is 1.76 bits per heavy atom. The van der Waals surface area contributed by atoms with Gasteiger partial charge < -0.3 is 9.88 Å². The van der Waals surface area contributed by atoms with Crippen LogP contribution >= 0.6 is 0 Å². The highest BCUT2D eigenvalue weighted by atomic mass is 19.1. The summed E-state index contributed by atoms with van der Waals surface area (Å²) in [5.74, 6) is 0.592. The van der Waals surface area contributed by atoms with Gasteiger partial charge in [-0.3, -0.25) is 9.69 Å². The molecule has 6 heteroatoms. The van der Waals surface area contributed by atoms with Crippen molar-refractivity contribution in [1.29, 1.82) is 0 Å². The van der Waals surface area contributed by atoms with E-state index in [0.717, 1.165) is 68.2 Å². The minimum Gasteiger partial charge on any atom is -0.369 e. The number of aromatic nitrogens is 2.